The summed E-state index contributed by atoms with van der Waals surface area (Å²) in [5.41, 5.74) is 16.8. The van der Waals surface area contributed by atoms with Gasteiger partial charge >= 0.3 is 0 Å². The van der Waals surface area contributed by atoms with Crippen LogP contribution in [0.3, 0.4) is 0 Å². The Morgan fingerprint density at radius 3 is 1.82 bits per heavy atom. The van der Waals surface area contributed by atoms with Crippen molar-refractivity contribution in [3.8, 4) is 0 Å². The van der Waals surface area contributed by atoms with Crippen LogP contribution in [0, 0.1) is 46.3 Å². The molecule has 19 atom stereocenters. The minimum Gasteiger partial charge on any atom is -0.374 e. The Morgan fingerprint density at radius 1 is 0.592 bits per heavy atom. The minimum atomic E-state index is 0.315. The maximum absolute atomic E-state index is 7.23. The molecule has 0 radical (unpaired) electrons. The molecule has 6 saturated heterocycles. The van der Waals surface area contributed by atoms with E-state index in [4.69, 9.17) is 9.47 Å². The van der Waals surface area contributed by atoms with E-state index in [2.05, 4.69) is 73.5 Å². The lowest BCUT2D eigenvalue weighted by atomic mass is 9.16. The molecule has 0 bridgehead atoms. The lowest BCUT2D eigenvalue weighted by molar-refractivity contribution is -0.0931. The highest BCUT2D eigenvalue weighted by molar-refractivity contribution is 6.65. The molecule has 272 valence electrons. The number of fused-ring (bicyclic) bond motifs is 12. The second-order valence-electron chi connectivity index (χ2n) is 22.1. The zero-order valence-electron chi connectivity index (χ0n) is 31.5. The summed E-state index contributed by atoms with van der Waals surface area (Å²) in [6.45, 7) is 15.8. The molecule has 11 aliphatic rings. The molecule has 19 unspecified atom stereocenters. The first-order chi connectivity index (χ1) is 23.5. The molecule has 4 N–H and O–H groups in total. The third kappa shape index (κ3) is 4.70. The van der Waals surface area contributed by atoms with Gasteiger partial charge in [-0.2, -0.15) is 11.1 Å². The fraction of sp³-hybridized carbons (Fsp3) is 1.00. The molecule has 0 aromatic heterocycles. The summed E-state index contributed by atoms with van der Waals surface area (Å²) in [6.07, 6.45) is 19.2. The summed E-state index contributed by atoms with van der Waals surface area (Å²) in [7, 11) is 0. The van der Waals surface area contributed by atoms with Crippen LogP contribution in [-0.4, -0.2) is 77.4 Å². The molecule has 6 heterocycles. The predicted octanol–water partition coefficient (Wildman–Crippen LogP) is 5.94. The van der Waals surface area contributed by atoms with Gasteiger partial charge in [-0.3, -0.25) is 0 Å². The minimum absolute atomic E-state index is 0.315. The first-order valence-electron chi connectivity index (χ1n) is 21.4. The summed E-state index contributed by atoms with van der Waals surface area (Å²) in [5, 5.41) is 5.84. The first-order valence-corrected chi connectivity index (χ1v) is 21.4. The molecule has 9 heteroatoms. The van der Waals surface area contributed by atoms with Crippen LogP contribution in [0.2, 0.25) is 17.5 Å². The standard InChI is InChI=1S/C40H67BN6O2/c1-39(2,3)18-20-15-21(19-40(4,5)6)36-33-35(20)46-37-24(16-28-31(34(37)43-45-46)23-12-8-10-14-27(23)48-28)41(33)32-30-22-11-7-9-13-26(22)49-29(30)17-25-38(32)47(36)44-42-25/h20-38,42-45H,7-19H2,1-6H3. The van der Waals surface area contributed by atoms with E-state index in [-0.39, 0.29) is 0 Å². The number of ether oxygens (including phenoxy) is 2. The molecule has 0 amide bonds. The zero-order chi connectivity index (χ0) is 33.1. The van der Waals surface area contributed by atoms with Crippen LogP contribution < -0.4 is 21.9 Å². The summed E-state index contributed by atoms with van der Waals surface area (Å²) >= 11 is 0. The normalized spacial score (nSPS) is 56.0. The monoisotopic (exact) mass is 675 g/mol. The molecule has 6 aliphatic heterocycles. The van der Waals surface area contributed by atoms with Crippen molar-refractivity contribution < 1.29 is 9.47 Å². The molecule has 8 nitrogen and oxygen atoms in total. The molecular formula is C40H67BN6O2. The van der Waals surface area contributed by atoms with Crippen molar-refractivity contribution in [3.63, 3.8) is 0 Å². The SMILES string of the molecule is CC(C)(C)CC1CC(CC(C)(C)C)C2C3B(C4CC5OC6CCCCC6C5C5NNN(C45)C13)C1C3C(CC4NNN2C41)OC1CCCCC13. The van der Waals surface area contributed by atoms with Crippen LogP contribution in [0.15, 0.2) is 0 Å². The Labute approximate surface area is 297 Å². The van der Waals surface area contributed by atoms with Crippen LogP contribution in [0.4, 0.5) is 0 Å². The molecule has 11 fully saturated rings. The zero-order valence-corrected chi connectivity index (χ0v) is 31.5. The van der Waals surface area contributed by atoms with Gasteiger partial charge in [-0.15, -0.1) is 0 Å². The number of hydrogen-bond acceptors (Lipinski definition) is 8. The Hall–Kier alpha value is -0.255. The number of nitrogens with one attached hydrogen (secondary N) is 4. The lowest BCUT2D eigenvalue weighted by Gasteiger charge is -2.68. The molecule has 0 aromatic rings. The average Bonchev–Trinajstić information content (AvgIpc) is 3.82. The number of hydrazine groups is 4. The van der Waals surface area contributed by atoms with Crippen molar-refractivity contribution >= 4 is 6.71 Å². The number of nitrogens with zero attached hydrogens (tertiary/aromatic N) is 2. The van der Waals surface area contributed by atoms with Crippen molar-refractivity contribution in [1.82, 2.24) is 31.9 Å². The van der Waals surface area contributed by atoms with Gasteiger partial charge in [0.1, 0.15) is 0 Å². The van der Waals surface area contributed by atoms with Crippen LogP contribution in [0.5, 0.6) is 0 Å². The van der Waals surface area contributed by atoms with Crippen LogP contribution in [0.25, 0.3) is 0 Å². The Balaban J connectivity index is 1.08. The van der Waals surface area contributed by atoms with E-state index < -0.39 is 0 Å². The highest BCUT2D eigenvalue weighted by Crippen LogP contribution is 2.68. The van der Waals surface area contributed by atoms with Crippen LogP contribution in [0.1, 0.15) is 125 Å². The van der Waals surface area contributed by atoms with E-state index in [1.807, 2.05) is 0 Å². The second-order valence-corrected chi connectivity index (χ2v) is 22.1. The summed E-state index contributed by atoms with van der Waals surface area (Å²) in [6, 6.07) is 3.29. The first kappa shape index (κ1) is 32.2. The van der Waals surface area contributed by atoms with Crippen LogP contribution >= 0.6 is 0 Å². The van der Waals surface area contributed by atoms with Gasteiger partial charge in [-0.25, -0.2) is 20.9 Å². The molecule has 5 saturated carbocycles. The van der Waals surface area contributed by atoms with Crippen molar-refractivity contribution in [3.05, 3.63) is 0 Å². The predicted molar refractivity (Wildman–Crippen MR) is 193 cm³/mol. The highest BCUT2D eigenvalue weighted by Gasteiger charge is 2.75. The average molecular weight is 675 g/mol. The third-order valence-electron chi connectivity index (χ3n) is 17.0. The van der Waals surface area contributed by atoms with Crippen molar-refractivity contribution in [2.24, 2.45) is 46.3 Å². The largest absolute Gasteiger partial charge is 0.374 e. The van der Waals surface area contributed by atoms with Gasteiger partial charge < -0.3 is 9.47 Å². The summed E-state index contributed by atoms with van der Waals surface area (Å²) in [5.74, 6) is 6.31. The highest BCUT2D eigenvalue weighted by atomic mass is 16.5. The van der Waals surface area contributed by atoms with E-state index in [0.29, 0.717) is 113 Å². The van der Waals surface area contributed by atoms with Crippen molar-refractivity contribution in [2.45, 2.75) is 203 Å². The Kier molecular flexibility index (Phi) is 7.32. The Morgan fingerprint density at radius 2 is 1.16 bits per heavy atom. The molecule has 49 heavy (non-hydrogen) atoms. The molecule has 5 aliphatic carbocycles. The van der Waals surface area contributed by atoms with Crippen molar-refractivity contribution in [1.29, 1.82) is 0 Å². The quantitative estimate of drug-likeness (QED) is 0.269. The fourth-order valence-corrected chi connectivity index (χ4v) is 16.4. The second kappa shape index (κ2) is 11.1. The van der Waals surface area contributed by atoms with Gasteiger partial charge in [-0.1, -0.05) is 67.2 Å². The van der Waals surface area contributed by atoms with Gasteiger partial charge in [-0.05, 0) is 116 Å². The summed E-state index contributed by atoms with van der Waals surface area (Å²) < 4.78 is 14.4. The van der Waals surface area contributed by atoms with Gasteiger partial charge in [0, 0.05) is 42.2 Å². The number of rotatable bonds is 2. The van der Waals surface area contributed by atoms with Crippen molar-refractivity contribution in [2.75, 3.05) is 0 Å². The van der Waals surface area contributed by atoms with Gasteiger partial charge in [0.15, 0.2) is 6.71 Å². The maximum Gasteiger partial charge on any atom is 0.157 e. The van der Waals surface area contributed by atoms with E-state index in [1.54, 1.807) is 0 Å². The van der Waals surface area contributed by atoms with Gasteiger partial charge in [0.2, 0.25) is 0 Å². The molecule has 11 rings (SSSR count). The lowest BCUT2D eigenvalue weighted by Crippen LogP contribution is -2.77. The molecular weight excluding hydrogens is 607 g/mol. The van der Waals surface area contributed by atoms with E-state index >= 15 is 0 Å². The van der Waals surface area contributed by atoms with E-state index in [0.717, 1.165) is 18.5 Å². The fourth-order valence-electron chi connectivity index (χ4n) is 16.4. The van der Waals surface area contributed by atoms with Gasteiger partial charge in [0.05, 0.1) is 24.4 Å². The molecule has 0 spiro atoms. The van der Waals surface area contributed by atoms with E-state index in [9.17, 15) is 0 Å². The van der Waals surface area contributed by atoms with E-state index in [1.165, 1.54) is 83.5 Å². The Bertz CT molecular complexity index is 1310. The topological polar surface area (TPSA) is 73.1 Å². The number of hydrogen-bond donors (Lipinski definition) is 4. The molecule has 0 aromatic carbocycles. The maximum atomic E-state index is 7.23. The van der Waals surface area contributed by atoms with Gasteiger partial charge in [0.25, 0.3) is 0 Å². The smallest absolute Gasteiger partial charge is 0.157 e. The summed E-state index contributed by atoms with van der Waals surface area (Å²) in [4.78, 5) is 0. The van der Waals surface area contributed by atoms with Crippen LogP contribution in [-0.2, 0) is 9.47 Å². The third-order valence-corrected chi connectivity index (χ3v) is 17.0.